The molecule has 0 saturated carbocycles. The van der Waals surface area contributed by atoms with Gasteiger partial charge < -0.3 is 4.57 Å². The van der Waals surface area contributed by atoms with E-state index in [1.165, 1.54) is 44.2 Å². The Morgan fingerprint density at radius 1 is 0.485 bits per heavy atom. The van der Waals surface area contributed by atoms with Gasteiger partial charge in [-0.3, -0.25) is 0 Å². The first-order valence-corrected chi connectivity index (χ1v) is 11.2. The summed E-state index contributed by atoms with van der Waals surface area (Å²) in [6.45, 7) is 3.82. The SMILES string of the molecule is C=Cc1ccccc1-c1ccccc1.c1ccc(-n2c3ccccc3c3ccccc32)cc1. The lowest BCUT2D eigenvalue weighted by molar-refractivity contribution is 1.18. The Morgan fingerprint density at radius 3 is 1.58 bits per heavy atom. The van der Waals surface area contributed by atoms with Crippen molar-refractivity contribution in [2.75, 3.05) is 0 Å². The van der Waals surface area contributed by atoms with Crippen LogP contribution < -0.4 is 0 Å². The third-order valence-electron chi connectivity index (χ3n) is 5.86. The van der Waals surface area contributed by atoms with Crippen LogP contribution in [0.25, 0.3) is 44.7 Å². The number of fused-ring (bicyclic) bond motifs is 3. The molecule has 1 heterocycles. The van der Waals surface area contributed by atoms with Crippen molar-refractivity contribution in [2.24, 2.45) is 0 Å². The van der Waals surface area contributed by atoms with Crippen molar-refractivity contribution in [1.29, 1.82) is 0 Å². The average Bonchev–Trinajstić information content (AvgIpc) is 3.24. The molecule has 0 aliphatic carbocycles. The fourth-order valence-electron chi connectivity index (χ4n) is 4.33. The average molecular weight is 424 g/mol. The largest absolute Gasteiger partial charge is 0.309 e. The number of hydrogen-bond donors (Lipinski definition) is 0. The first-order chi connectivity index (χ1) is 16.4. The minimum atomic E-state index is 1.18. The summed E-state index contributed by atoms with van der Waals surface area (Å²) in [5.74, 6) is 0. The maximum absolute atomic E-state index is 3.82. The van der Waals surface area contributed by atoms with Gasteiger partial charge in [0.15, 0.2) is 0 Å². The minimum Gasteiger partial charge on any atom is -0.309 e. The molecule has 0 spiro atoms. The summed E-state index contributed by atoms with van der Waals surface area (Å²) in [4.78, 5) is 0. The van der Waals surface area contributed by atoms with Gasteiger partial charge in [0.1, 0.15) is 0 Å². The predicted octanol–water partition coefficient (Wildman–Crippen LogP) is 8.78. The molecular formula is C32H25N. The number of benzene rings is 5. The number of hydrogen-bond acceptors (Lipinski definition) is 0. The molecule has 0 N–H and O–H groups in total. The molecule has 0 saturated heterocycles. The zero-order chi connectivity index (χ0) is 22.5. The molecule has 1 aromatic heterocycles. The topological polar surface area (TPSA) is 4.93 Å². The second kappa shape index (κ2) is 9.42. The van der Waals surface area contributed by atoms with Crippen LogP contribution in [0.1, 0.15) is 5.56 Å². The Balaban J connectivity index is 0.000000146. The summed E-state index contributed by atoms with van der Waals surface area (Å²) >= 11 is 0. The standard InChI is InChI=1S/C18H13N.C14H12/c1-2-8-14(9-3-1)19-17-12-6-4-10-15(17)16-11-5-7-13-18(16)19;1-2-12-8-6-7-11-14(12)13-9-4-3-5-10-13/h1-13H;2-11H,1H2. The molecule has 0 bridgehead atoms. The lowest BCUT2D eigenvalue weighted by atomic mass is 10.00. The molecule has 0 atom stereocenters. The van der Waals surface area contributed by atoms with Gasteiger partial charge >= 0.3 is 0 Å². The molecule has 0 aliphatic heterocycles. The normalized spacial score (nSPS) is 10.5. The van der Waals surface area contributed by atoms with Crippen molar-refractivity contribution < 1.29 is 0 Å². The van der Waals surface area contributed by atoms with E-state index in [0.29, 0.717) is 0 Å². The highest BCUT2D eigenvalue weighted by atomic mass is 15.0. The molecule has 6 rings (SSSR count). The van der Waals surface area contributed by atoms with Crippen molar-refractivity contribution in [3.05, 3.63) is 146 Å². The summed E-state index contributed by atoms with van der Waals surface area (Å²) in [6, 6.07) is 46.3. The first-order valence-electron chi connectivity index (χ1n) is 11.2. The summed E-state index contributed by atoms with van der Waals surface area (Å²) in [6.07, 6.45) is 1.89. The zero-order valence-electron chi connectivity index (χ0n) is 18.4. The third kappa shape index (κ3) is 4.09. The molecular weight excluding hydrogens is 398 g/mol. The van der Waals surface area contributed by atoms with Crippen LogP contribution in [0, 0.1) is 0 Å². The van der Waals surface area contributed by atoms with Crippen LogP contribution >= 0.6 is 0 Å². The molecule has 0 aliphatic rings. The van der Waals surface area contributed by atoms with Gasteiger partial charge in [-0.15, -0.1) is 0 Å². The molecule has 1 nitrogen and oxygen atoms in total. The highest BCUT2D eigenvalue weighted by molar-refractivity contribution is 6.09. The molecule has 0 amide bonds. The van der Waals surface area contributed by atoms with Gasteiger partial charge in [0, 0.05) is 16.5 Å². The van der Waals surface area contributed by atoms with Crippen LogP contribution in [0.2, 0.25) is 0 Å². The number of para-hydroxylation sites is 3. The molecule has 0 unspecified atom stereocenters. The van der Waals surface area contributed by atoms with Crippen molar-refractivity contribution in [3.8, 4) is 16.8 Å². The van der Waals surface area contributed by atoms with Gasteiger partial charge in [-0.1, -0.05) is 122 Å². The zero-order valence-corrected chi connectivity index (χ0v) is 18.4. The minimum absolute atomic E-state index is 1.18. The van der Waals surface area contributed by atoms with E-state index < -0.39 is 0 Å². The quantitative estimate of drug-likeness (QED) is 0.268. The number of aromatic nitrogens is 1. The van der Waals surface area contributed by atoms with Crippen LogP contribution in [-0.2, 0) is 0 Å². The summed E-state index contributed by atoms with van der Waals surface area (Å²) < 4.78 is 2.32. The van der Waals surface area contributed by atoms with Gasteiger partial charge in [0.05, 0.1) is 11.0 Å². The van der Waals surface area contributed by atoms with E-state index in [-0.39, 0.29) is 0 Å². The Labute approximate surface area is 194 Å². The molecule has 33 heavy (non-hydrogen) atoms. The van der Waals surface area contributed by atoms with E-state index in [4.69, 9.17) is 0 Å². The Kier molecular flexibility index (Phi) is 5.86. The van der Waals surface area contributed by atoms with Crippen LogP contribution in [0.4, 0.5) is 0 Å². The Bertz CT molecular complexity index is 1460. The highest BCUT2D eigenvalue weighted by Crippen LogP contribution is 2.31. The highest BCUT2D eigenvalue weighted by Gasteiger charge is 2.10. The van der Waals surface area contributed by atoms with Crippen molar-refractivity contribution >= 4 is 27.9 Å². The molecule has 1 heteroatoms. The molecule has 5 aromatic carbocycles. The van der Waals surface area contributed by atoms with E-state index >= 15 is 0 Å². The smallest absolute Gasteiger partial charge is 0.0541 e. The number of nitrogens with zero attached hydrogens (tertiary/aromatic N) is 1. The fraction of sp³-hybridized carbons (Fsp3) is 0. The molecule has 0 radical (unpaired) electrons. The molecule has 0 fully saturated rings. The van der Waals surface area contributed by atoms with Gasteiger partial charge in [0.25, 0.3) is 0 Å². The molecule has 158 valence electrons. The van der Waals surface area contributed by atoms with Gasteiger partial charge in [-0.2, -0.15) is 0 Å². The van der Waals surface area contributed by atoms with E-state index in [2.05, 4.69) is 132 Å². The Hall–Kier alpha value is -4.36. The summed E-state index contributed by atoms with van der Waals surface area (Å²) in [7, 11) is 0. The molecule has 6 aromatic rings. The van der Waals surface area contributed by atoms with Crippen LogP contribution in [-0.4, -0.2) is 4.57 Å². The van der Waals surface area contributed by atoms with E-state index in [1.807, 2.05) is 18.2 Å². The first kappa shape index (κ1) is 20.5. The Morgan fingerprint density at radius 2 is 0.970 bits per heavy atom. The lowest BCUT2D eigenvalue weighted by Gasteiger charge is -2.06. The lowest BCUT2D eigenvalue weighted by Crippen LogP contribution is -1.92. The van der Waals surface area contributed by atoms with E-state index in [0.717, 1.165) is 0 Å². The maximum atomic E-state index is 3.82. The second-order valence-corrected chi connectivity index (χ2v) is 7.86. The maximum Gasteiger partial charge on any atom is 0.0541 e. The third-order valence-corrected chi connectivity index (χ3v) is 5.86. The summed E-state index contributed by atoms with van der Waals surface area (Å²) in [5.41, 5.74) is 7.38. The van der Waals surface area contributed by atoms with Crippen LogP contribution in [0.3, 0.4) is 0 Å². The van der Waals surface area contributed by atoms with E-state index in [9.17, 15) is 0 Å². The van der Waals surface area contributed by atoms with Crippen molar-refractivity contribution in [2.45, 2.75) is 0 Å². The fourth-order valence-corrected chi connectivity index (χ4v) is 4.33. The van der Waals surface area contributed by atoms with Crippen LogP contribution in [0.5, 0.6) is 0 Å². The summed E-state index contributed by atoms with van der Waals surface area (Å²) in [5, 5.41) is 2.61. The monoisotopic (exact) mass is 423 g/mol. The van der Waals surface area contributed by atoms with Crippen molar-refractivity contribution in [1.82, 2.24) is 4.57 Å². The van der Waals surface area contributed by atoms with E-state index in [1.54, 1.807) is 0 Å². The van der Waals surface area contributed by atoms with Gasteiger partial charge in [-0.25, -0.2) is 0 Å². The van der Waals surface area contributed by atoms with Gasteiger partial charge in [0.2, 0.25) is 0 Å². The number of rotatable bonds is 3. The predicted molar refractivity (Wildman–Crippen MR) is 143 cm³/mol. The second-order valence-electron chi connectivity index (χ2n) is 7.86. The van der Waals surface area contributed by atoms with Gasteiger partial charge in [-0.05, 0) is 41.0 Å². The van der Waals surface area contributed by atoms with Crippen molar-refractivity contribution in [3.63, 3.8) is 0 Å². The van der Waals surface area contributed by atoms with Crippen LogP contribution in [0.15, 0.2) is 140 Å².